The van der Waals surface area contributed by atoms with Crippen LogP contribution in [0, 0.1) is 0 Å². The van der Waals surface area contributed by atoms with Crippen molar-refractivity contribution in [2.45, 2.75) is 232 Å². The van der Waals surface area contributed by atoms with Gasteiger partial charge in [-0.1, -0.05) is 224 Å². The van der Waals surface area contributed by atoms with Gasteiger partial charge in [0.25, 0.3) is 0 Å². The van der Waals surface area contributed by atoms with E-state index in [-0.39, 0.29) is 12.4 Å². The quantitative estimate of drug-likeness (QED) is 0.0665. The highest BCUT2D eigenvalue weighted by molar-refractivity contribution is 5.14. The number of rotatable bonds is 38. The van der Waals surface area contributed by atoms with Crippen molar-refractivity contribution in [2.75, 3.05) is 19.6 Å². The zero-order valence-electron chi connectivity index (χ0n) is 32.4. The highest BCUT2D eigenvalue weighted by Gasteiger charge is 2.09. The molecule has 0 atom stereocenters. The number of hydrogen-bond acceptors (Lipinski definition) is 0. The van der Waals surface area contributed by atoms with Crippen LogP contribution < -0.4 is 17.3 Å². The van der Waals surface area contributed by atoms with E-state index in [0.717, 1.165) is 0 Å². The van der Waals surface area contributed by atoms with Crippen molar-refractivity contribution in [3.63, 3.8) is 0 Å². The molecule has 0 aliphatic rings. The summed E-state index contributed by atoms with van der Waals surface area (Å²) in [6.45, 7) is 8.81. The molecule has 0 fully saturated rings. The maximum atomic E-state index is 2.31. The zero-order chi connectivity index (χ0) is 32.9. The Kier molecular flexibility index (Phi) is 39.5. The summed E-state index contributed by atoms with van der Waals surface area (Å²) in [5.74, 6) is 0. The van der Waals surface area contributed by atoms with Gasteiger partial charge in [0.2, 0.25) is 0 Å². The first kappa shape index (κ1) is 46.5. The van der Waals surface area contributed by atoms with Crippen LogP contribution in [0.5, 0.6) is 0 Å². The standard InChI is InChI=1S/C45H85N.ClH/c1-3-5-7-9-11-13-15-17-19-21-23-25-27-29-31-36-42-46(44-38-41-45-39-34-33-35-40-45)43-37-32-30-28-26-24-22-20-18-16-14-12-10-8-6-4-2;/h33-35,39-40H,3-32,36-38,41-44H2,1-2H3;1H. The van der Waals surface area contributed by atoms with Crippen LogP contribution in [0.4, 0.5) is 0 Å². The Hall–Kier alpha value is -0.530. The molecule has 1 N–H and O–H groups in total. The van der Waals surface area contributed by atoms with Crippen molar-refractivity contribution in [2.24, 2.45) is 0 Å². The van der Waals surface area contributed by atoms with Gasteiger partial charge < -0.3 is 17.3 Å². The molecule has 0 unspecified atom stereocenters. The van der Waals surface area contributed by atoms with Gasteiger partial charge in [-0.2, -0.15) is 0 Å². The second-order valence-corrected chi connectivity index (χ2v) is 15.2. The molecule has 0 saturated carbocycles. The SMILES string of the molecule is CCCCCCCCCCCCCCCCCC[NH+](CCCCCCCCCCCCCCCCCC)CCCc1ccccc1.[Cl-]. The molecular weight excluding hydrogens is 590 g/mol. The lowest BCUT2D eigenvalue weighted by molar-refractivity contribution is -0.900. The Balaban J connectivity index is 0.0000212. The van der Waals surface area contributed by atoms with Crippen LogP contribution in [0.3, 0.4) is 0 Å². The lowest BCUT2D eigenvalue weighted by Crippen LogP contribution is -3.12. The molecule has 2 heteroatoms. The van der Waals surface area contributed by atoms with Gasteiger partial charge in [0, 0.05) is 6.42 Å². The molecule has 1 aromatic rings. The van der Waals surface area contributed by atoms with Gasteiger partial charge in [0.15, 0.2) is 0 Å². The summed E-state index contributed by atoms with van der Waals surface area (Å²) in [6.07, 6.45) is 49.4. The fourth-order valence-corrected chi connectivity index (χ4v) is 7.41. The molecule has 0 aliphatic carbocycles. The fraction of sp³-hybridized carbons (Fsp3) is 0.867. The predicted molar refractivity (Wildman–Crippen MR) is 209 cm³/mol. The number of hydrogen-bond donors (Lipinski definition) is 1. The molecule has 0 aromatic heterocycles. The number of quaternary nitrogens is 1. The maximum Gasteiger partial charge on any atom is 0.0774 e. The van der Waals surface area contributed by atoms with E-state index >= 15 is 0 Å². The first-order valence-corrected chi connectivity index (χ1v) is 21.7. The number of nitrogens with one attached hydrogen (secondary N) is 1. The summed E-state index contributed by atoms with van der Waals surface area (Å²) in [5, 5.41) is 0. The molecule has 1 rings (SSSR count). The monoisotopic (exact) mass is 676 g/mol. The first-order chi connectivity index (χ1) is 22.9. The van der Waals surface area contributed by atoms with Crippen LogP contribution in [0.1, 0.15) is 231 Å². The van der Waals surface area contributed by atoms with Gasteiger partial charge in [0.1, 0.15) is 0 Å². The number of unbranched alkanes of at least 4 members (excludes halogenated alkanes) is 30. The van der Waals surface area contributed by atoms with E-state index in [9.17, 15) is 0 Å². The Bertz CT molecular complexity index is 640. The Morgan fingerprint density at radius 1 is 0.319 bits per heavy atom. The summed E-state index contributed by atoms with van der Waals surface area (Å²) < 4.78 is 0. The number of aryl methyl sites for hydroxylation is 1. The van der Waals surface area contributed by atoms with Crippen molar-refractivity contribution in [3.05, 3.63) is 35.9 Å². The second-order valence-electron chi connectivity index (χ2n) is 15.2. The van der Waals surface area contributed by atoms with E-state index < -0.39 is 0 Å². The largest absolute Gasteiger partial charge is 1.00 e. The van der Waals surface area contributed by atoms with Crippen molar-refractivity contribution in [1.82, 2.24) is 0 Å². The number of halogens is 1. The minimum atomic E-state index is 0. The van der Waals surface area contributed by atoms with Crippen LogP contribution in [-0.4, -0.2) is 19.6 Å². The maximum absolute atomic E-state index is 2.31. The smallest absolute Gasteiger partial charge is 0.0774 e. The van der Waals surface area contributed by atoms with Crippen molar-refractivity contribution >= 4 is 0 Å². The molecule has 0 aliphatic heterocycles. The van der Waals surface area contributed by atoms with Crippen LogP contribution in [0.25, 0.3) is 0 Å². The lowest BCUT2D eigenvalue weighted by Gasteiger charge is -2.20. The summed E-state index contributed by atoms with van der Waals surface area (Å²) in [4.78, 5) is 1.90. The van der Waals surface area contributed by atoms with Gasteiger partial charge in [0.05, 0.1) is 19.6 Å². The average molecular weight is 677 g/mol. The number of benzene rings is 1. The van der Waals surface area contributed by atoms with Crippen molar-refractivity contribution in [3.8, 4) is 0 Å². The molecule has 0 bridgehead atoms. The van der Waals surface area contributed by atoms with Crippen LogP contribution in [-0.2, 0) is 6.42 Å². The summed E-state index contributed by atoms with van der Waals surface area (Å²) in [7, 11) is 0. The van der Waals surface area contributed by atoms with Gasteiger partial charge in [-0.25, -0.2) is 0 Å². The molecule has 0 heterocycles. The molecule has 47 heavy (non-hydrogen) atoms. The van der Waals surface area contributed by atoms with Crippen LogP contribution >= 0.6 is 0 Å². The minimum absolute atomic E-state index is 0. The molecule has 1 nitrogen and oxygen atoms in total. The molecule has 0 radical (unpaired) electrons. The van der Waals surface area contributed by atoms with E-state index in [4.69, 9.17) is 0 Å². The van der Waals surface area contributed by atoms with E-state index in [1.165, 1.54) is 244 Å². The third-order valence-corrected chi connectivity index (χ3v) is 10.6. The van der Waals surface area contributed by atoms with Crippen LogP contribution in [0.15, 0.2) is 30.3 Å². The van der Waals surface area contributed by atoms with Crippen molar-refractivity contribution in [1.29, 1.82) is 0 Å². The van der Waals surface area contributed by atoms with E-state index in [1.807, 2.05) is 4.90 Å². The highest BCUT2D eigenvalue weighted by atomic mass is 35.5. The third kappa shape index (κ3) is 35.1. The van der Waals surface area contributed by atoms with Gasteiger partial charge in [-0.3, -0.25) is 0 Å². The normalized spacial score (nSPS) is 11.4. The molecule has 0 saturated heterocycles. The molecule has 0 amide bonds. The first-order valence-electron chi connectivity index (χ1n) is 21.7. The molecule has 1 aromatic carbocycles. The van der Waals surface area contributed by atoms with E-state index in [2.05, 4.69) is 44.2 Å². The van der Waals surface area contributed by atoms with E-state index in [0.29, 0.717) is 0 Å². The Morgan fingerprint density at radius 3 is 0.872 bits per heavy atom. The van der Waals surface area contributed by atoms with Crippen molar-refractivity contribution < 1.29 is 17.3 Å². The Morgan fingerprint density at radius 2 is 0.574 bits per heavy atom. The predicted octanol–water partition coefficient (Wildman–Crippen LogP) is 11.0. The fourth-order valence-electron chi connectivity index (χ4n) is 7.41. The summed E-state index contributed by atoms with van der Waals surface area (Å²) in [5.41, 5.74) is 1.52. The van der Waals surface area contributed by atoms with Gasteiger partial charge in [-0.05, 0) is 37.7 Å². The zero-order valence-corrected chi connectivity index (χ0v) is 33.2. The molecule has 278 valence electrons. The molecule has 0 spiro atoms. The van der Waals surface area contributed by atoms with Crippen LogP contribution in [0.2, 0.25) is 0 Å². The lowest BCUT2D eigenvalue weighted by atomic mass is 10.0. The average Bonchev–Trinajstić information content (AvgIpc) is 3.08. The summed E-state index contributed by atoms with van der Waals surface area (Å²) >= 11 is 0. The summed E-state index contributed by atoms with van der Waals surface area (Å²) in [6, 6.07) is 11.2. The highest BCUT2D eigenvalue weighted by Crippen LogP contribution is 2.15. The third-order valence-electron chi connectivity index (χ3n) is 10.6. The van der Waals surface area contributed by atoms with Gasteiger partial charge in [-0.15, -0.1) is 0 Å². The Labute approximate surface area is 304 Å². The minimum Gasteiger partial charge on any atom is -1.00 e. The second kappa shape index (κ2) is 39.9. The van der Waals surface area contributed by atoms with Gasteiger partial charge >= 0.3 is 0 Å². The van der Waals surface area contributed by atoms with E-state index in [1.54, 1.807) is 0 Å². The molecular formula is C45H86ClN. The topological polar surface area (TPSA) is 4.44 Å².